The molecule has 11 heteroatoms. The van der Waals surface area contributed by atoms with Crippen molar-refractivity contribution >= 4 is 21.4 Å². The van der Waals surface area contributed by atoms with Gasteiger partial charge in [0, 0.05) is 13.1 Å². The third kappa shape index (κ3) is 4.07. The molecule has 3 aromatic rings. The van der Waals surface area contributed by atoms with Crippen LogP contribution in [0.2, 0.25) is 0 Å². The van der Waals surface area contributed by atoms with Gasteiger partial charge in [0.15, 0.2) is 0 Å². The lowest BCUT2D eigenvalue weighted by atomic mass is 10.00. The SMILES string of the molecule is O=S(=O)(c1cccc(C(F)(F)F)c1)N1CCC[C@H](c2nc(-c3cccs3)no2)C1. The molecule has 0 aliphatic carbocycles. The van der Waals surface area contributed by atoms with Gasteiger partial charge in [0.05, 0.1) is 21.3 Å². The molecule has 0 N–H and O–H groups in total. The highest BCUT2D eigenvalue weighted by molar-refractivity contribution is 7.89. The lowest BCUT2D eigenvalue weighted by molar-refractivity contribution is -0.137. The molecule has 1 aliphatic rings. The van der Waals surface area contributed by atoms with Gasteiger partial charge in [0.25, 0.3) is 0 Å². The molecule has 4 rings (SSSR count). The number of nitrogens with zero attached hydrogens (tertiary/aromatic N) is 3. The number of piperidine rings is 1. The van der Waals surface area contributed by atoms with Gasteiger partial charge in [-0.1, -0.05) is 17.3 Å². The van der Waals surface area contributed by atoms with Crippen molar-refractivity contribution in [3.63, 3.8) is 0 Å². The van der Waals surface area contributed by atoms with E-state index in [1.165, 1.54) is 21.7 Å². The van der Waals surface area contributed by atoms with Crippen molar-refractivity contribution < 1.29 is 26.1 Å². The third-order valence-electron chi connectivity index (χ3n) is 4.72. The lowest BCUT2D eigenvalue weighted by Gasteiger charge is -2.30. The van der Waals surface area contributed by atoms with Gasteiger partial charge in [-0.05, 0) is 42.5 Å². The average Bonchev–Trinajstić information content (AvgIpc) is 3.39. The summed E-state index contributed by atoms with van der Waals surface area (Å²) in [6, 6.07) is 7.51. The van der Waals surface area contributed by atoms with Gasteiger partial charge < -0.3 is 4.52 Å². The van der Waals surface area contributed by atoms with Crippen LogP contribution in [0.25, 0.3) is 10.7 Å². The zero-order valence-corrected chi connectivity index (χ0v) is 16.6. The first-order valence-corrected chi connectivity index (χ1v) is 11.1. The van der Waals surface area contributed by atoms with Crippen molar-refractivity contribution in [1.82, 2.24) is 14.4 Å². The summed E-state index contributed by atoms with van der Waals surface area (Å²) in [5, 5.41) is 5.83. The highest BCUT2D eigenvalue weighted by Gasteiger charge is 2.36. The minimum absolute atomic E-state index is 0.0741. The van der Waals surface area contributed by atoms with E-state index in [0.717, 1.165) is 17.0 Å². The third-order valence-corrected chi connectivity index (χ3v) is 7.44. The van der Waals surface area contributed by atoms with Crippen molar-refractivity contribution in [1.29, 1.82) is 0 Å². The maximum absolute atomic E-state index is 13.0. The van der Waals surface area contributed by atoms with Gasteiger partial charge in [-0.2, -0.15) is 22.5 Å². The standard InChI is InChI=1S/C18H16F3N3O3S2/c19-18(20,21)13-5-1-6-14(10-13)29(25,26)24-8-2-4-12(11-24)17-22-16(23-27-17)15-7-3-9-28-15/h1,3,5-7,9-10,12H,2,4,8,11H2/t12-/m0/s1. The Labute approximate surface area is 169 Å². The largest absolute Gasteiger partial charge is 0.416 e. The van der Waals surface area contributed by atoms with Crippen LogP contribution in [0.1, 0.15) is 30.2 Å². The van der Waals surface area contributed by atoms with Crippen LogP contribution in [0.15, 0.2) is 51.2 Å². The van der Waals surface area contributed by atoms with E-state index in [-0.39, 0.29) is 23.9 Å². The molecule has 154 valence electrons. The Balaban J connectivity index is 1.57. The Bertz CT molecular complexity index is 1100. The Hall–Kier alpha value is -2.24. The van der Waals surface area contributed by atoms with Crippen molar-refractivity contribution in [2.24, 2.45) is 0 Å². The van der Waals surface area contributed by atoms with E-state index in [2.05, 4.69) is 10.1 Å². The Morgan fingerprint density at radius 1 is 1.21 bits per heavy atom. The van der Waals surface area contributed by atoms with Gasteiger partial charge in [-0.15, -0.1) is 11.3 Å². The van der Waals surface area contributed by atoms with Crippen LogP contribution < -0.4 is 0 Å². The Kier molecular flexibility index (Phi) is 5.21. The first-order valence-electron chi connectivity index (χ1n) is 8.80. The fraction of sp³-hybridized carbons (Fsp3) is 0.333. The van der Waals surface area contributed by atoms with Crippen LogP contribution in [0, 0.1) is 0 Å². The topological polar surface area (TPSA) is 76.3 Å². The summed E-state index contributed by atoms with van der Waals surface area (Å²) in [5.41, 5.74) is -0.996. The molecule has 0 radical (unpaired) electrons. The summed E-state index contributed by atoms with van der Waals surface area (Å²) in [6.45, 7) is 0.297. The summed E-state index contributed by atoms with van der Waals surface area (Å²) >= 11 is 1.46. The molecule has 0 saturated carbocycles. The molecule has 0 bridgehead atoms. The van der Waals surface area contributed by atoms with E-state index in [4.69, 9.17) is 4.52 Å². The highest BCUT2D eigenvalue weighted by Crippen LogP contribution is 2.34. The van der Waals surface area contributed by atoms with E-state index in [0.29, 0.717) is 30.6 Å². The molecule has 2 aromatic heterocycles. The summed E-state index contributed by atoms with van der Waals surface area (Å²) in [6.07, 6.45) is -3.42. The van der Waals surface area contributed by atoms with Crippen LogP contribution in [0.4, 0.5) is 13.2 Å². The predicted molar refractivity (Wildman–Crippen MR) is 99.8 cm³/mol. The van der Waals surface area contributed by atoms with Crippen molar-refractivity contribution in [3.05, 3.63) is 53.2 Å². The predicted octanol–water partition coefficient (Wildman–Crippen LogP) is 4.39. The molecule has 0 amide bonds. The molecule has 1 saturated heterocycles. The minimum atomic E-state index is -4.61. The molecule has 1 aromatic carbocycles. The molecule has 6 nitrogen and oxygen atoms in total. The normalized spacial score (nSPS) is 18.8. The molecule has 1 fully saturated rings. The van der Waals surface area contributed by atoms with E-state index in [9.17, 15) is 21.6 Å². The molecular formula is C18H16F3N3O3S2. The molecule has 3 heterocycles. The van der Waals surface area contributed by atoms with Gasteiger partial charge in [-0.25, -0.2) is 8.42 Å². The molecule has 0 spiro atoms. The molecule has 29 heavy (non-hydrogen) atoms. The zero-order valence-electron chi connectivity index (χ0n) is 15.0. The zero-order chi connectivity index (χ0) is 20.6. The maximum Gasteiger partial charge on any atom is 0.416 e. The monoisotopic (exact) mass is 443 g/mol. The Morgan fingerprint density at radius 2 is 2.03 bits per heavy atom. The van der Waals surface area contributed by atoms with Crippen molar-refractivity contribution in [3.8, 4) is 10.7 Å². The van der Waals surface area contributed by atoms with E-state index < -0.39 is 21.8 Å². The van der Waals surface area contributed by atoms with Crippen molar-refractivity contribution in [2.45, 2.75) is 29.8 Å². The second-order valence-corrected chi connectivity index (χ2v) is 9.55. The fourth-order valence-corrected chi connectivity index (χ4v) is 5.47. The molecule has 1 aliphatic heterocycles. The Morgan fingerprint density at radius 3 is 2.76 bits per heavy atom. The number of benzene rings is 1. The van der Waals surface area contributed by atoms with Crippen LogP contribution in [0.3, 0.4) is 0 Å². The minimum Gasteiger partial charge on any atom is -0.339 e. The smallest absolute Gasteiger partial charge is 0.339 e. The first kappa shape index (κ1) is 20.0. The lowest BCUT2D eigenvalue weighted by Crippen LogP contribution is -2.39. The van der Waals surface area contributed by atoms with E-state index in [1.807, 2.05) is 17.5 Å². The van der Waals surface area contributed by atoms with Crippen LogP contribution in [-0.2, 0) is 16.2 Å². The summed E-state index contributed by atoms with van der Waals surface area (Å²) in [7, 11) is -4.08. The molecular weight excluding hydrogens is 427 g/mol. The number of hydrogen-bond donors (Lipinski definition) is 0. The van der Waals surface area contributed by atoms with Gasteiger partial charge in [0.1, 0.15) is 0 Å². The average molecular weight is 443 g/mol. The number of sulfonamides is 1. The second-order valence-electron chi connectivity index (χ2n) is 6.66. The quantitative estimate of drug-likeness (QED) is 0.598. The number of halogens is 3. The number of rotatable bonds is 4. The van der Waals surface area contributed by atoms with Gasteiger partial charge in [0.2, 0.25) is 21.7 Å². The fourth-order valence-electron chi connectivity index (χ4n) is 3.25. The number of thiophene rings is 1. The van der Waals surface area contributed by atoms with Crippen LogP contribution in [-0.4, -0.2) is 36.0 Å². The van der Waals surface area contributed by atoms with Crippen LogP contribution >= 0.6 is 11.3 Å². The number of alkyl halides is 3. The second kappa shape index (κ2) is 7.54. The summed E-state index contributed by atoms with van der Waals surface area (Å²) in [4.78, 5) is 4.83. The van der Waals surface area contributed by atoms with E-state index in [1.54, 1.807) is 0 Å². The number of aromatic nitrogens is 2. The molecule has 1 atom stereocenters. The van der Waals surface area contributed by atoms with Gasteiger partial charge >= 0.3 is 6.18 Å². The van der Waals surface area contributed by atoms with E-state index >= 15 is 0 Å². The van der Waals surface area contributed by atoms with Gasteiger partial charge in [-0.3, -0.25) is 0 Å². The first-order chi connectivity index (χ1) is 13.7. The highest BCUT2D eigenvalue weighted by atomic mass is 32.2. The summed E-state index contributed by atoms with van der Waals surface area (Å²) < 4.78 is 71.3. The maximum atomic E-state index is 13.0. The van der Waals surface area contributed by atoms with Crippen LogP contribution in [0.5, 0.6) is 0 Å². The summed E-state index contributed by atoms with van der Waals surface area (Å²) in [5.74, 6) is 0.454. The number of hydrogen-bond acceptors (Lipinski definition) is 6. The van der Waals surface area contributed by atoms with Crippen molar-refractivity contribution in [2.75, 3.05) is 13.1 Å². The molecule has 0 unspecified atom stereocenters.